The van der Waals surface area contributed by atoms with E-state index in [1.165, 1.54) is 24.0 Å². The first kappa shape index (κ1) is 9.85. The highest BCUT2D eigenvalue weighted by Crippen LogP contribution is 2.32. The fourth-order valence-corrected chi connectivity index (χ4v) is 2.48. The van der Waals surface area contributed by atoms with Crippen LogP contribution >= 0.6 is 0 Å². The molecule has 84 valence electrons. The average molecular weight is 215 g/mol. The molecule has 1 N–H and O–H groups in total. The molecule has 1 saturated heterocycles. The predicted octanol–water partition coefficient (Wildman–Crippen LogP) is 2.37. The second kappa shape index (κ2) is 3.59. The topological polar surface area (TPSA) is 31.9 Å². The first-order valence-electron chi connectivity index (χ1n) is 5.92. The Hall–Kier alpha value is -1.35. The predicted molar refractivity (Wildman–Crippen MR) is 65.5 cm³/mol. The van der Waals surface area contributed by atoms with Crippen molar-refractivity contribution in [2.75, 3.05) is 13.1 Å². The molecule has 0 unspecified atom stereocenters. The van der Waals surface area contributed by atoms with Crippen LogP contribution in [0.25, 0.3) is 10.9 Å². The van der Waals surface area contributed by atoms with Crippen molar-refractivity contribution < 1.29 is 0 Å². The van der Waals surface area contributed by atoms with Gasteiger partial charge in [-0.1, -0.05) is 12.1 Å². The Morgan fingerprint density at radius 3 is 2.94 bits per heavy atom. The Kier molecular flexibility index (Phi) is 2.21. The van der Waals surface area contributed by atoms with E-state index in [2.05, 4.69) is 47.1 Å². The summed E-state index contributed by atoms with van der Waals surface area (Å²) in [4.78, 5) is 2.50. The van der Waals surface area contributed by atoms with E-state index in [0.29, 0.717) is 12.0 Å². The third kappa shape index (κ3) is 1.43. The molecule has 1 fully saturated rings. The zero-order chi connectivity index (χ0) is 11.1. The van der Waals surface area contributed by atoms with Gasteiger partial charge in [-0.25, -0.2) is 0 Å². The maximum Gasteiger partial charge on any atom is 0.0653 e. The van der Waals surface area contributed by atoms with E-state index in [9.17, 15) is 0 Å². The van der Waals surface area contributed by atoms with Gasteiger partial charge >= 0.3 is 0 Å². The molecule has 0 amide bonds. The molecule has 16 heavy (non-hydrogen) atoms. The summed E-state index contributed by atoms with van der Waals surface area (Å²) in [7, 11) is 0. The number of rotatable bonds is 2. The van der Waals surface area contributed by atoms with Gasteiger partial charge in [0.05, 0.1) is 11.7 Å². The highest BCUT2D eigenvalue weighted by atomic mass is 15.2. The lowest BCUT2D eigenvalue weighted by Crippen LogP contribution is -2.48. The molecule has 0 bridgehead atoms. The third-order valence-corrected chi connectivity index (χ3v) is 3.60. The summed E-state index contributed by atoms with van der Waals surface area (Å²) in [5.74, 6) is 0.684. The minimum atomic E-state index is 0.666. The van der Waals surface area contributed by atoms with Gasteiger partial charge in [0.1, 0.15) is 0 Å². The summed E-state index contributed by atoms with van der Waals surface area (Å²) in [6.07, 6.45) is 1.95. The van der Waals surface area contributed by atoms with Gasteiger partial charge in [0.2, 0.25) is 0 Å². The molecule has 1 aliphatic rings. The van der Waals surface area contributed by atoms with Gasteiger partial charge in [0, 0.05) is 30.4 Å². The minimum Gasteiger partial charge on any atom is -0.300 e. The van der Waals surface area contributed by atoms with Crippen LogP contribution in [0.1, 0.15) is 25.3 Å². The molecule has 1 aliphatic heterocycles. The van der Waals surface area contributed by atoms with Crippen molar-refractivity contribution in [3.05, 3.63) is 30.0 Å². The number of benzene rings is 1. The molecule has 0 aliphatic carbocycles. The van der Waals surface area contributed by atoms with Crippen LogP contribution in [0.3, 0.4) is 0 Å². The van der Waals surface area contributed by atoms with Crippen molar-refractivity contribution in [2.45, 2.75) is 25.8 Å². The average Bonchev–Trinajstić information content (AvgIpc) is 2.63. The van der Waals surface area contributed by atoms with E-state index in [4.69, 9.17) is 0 Å². The van der Waals surface area contributed by atoms with Crippen molar-refractivity contribution in [1.82, 2.24) is 15.1 Å². The van der Waals surface area contributed by atoms with Crippen molar-refractivity contribution in [1.29, 1.82) is 0 Å². The molecule has 1 aromatic carbocycles. The Bertz CT molecular complexity index is 495. The van der Waals surface area contributed by atoms with Gasteiger partial charge in [-0.15, -0.1) is 0 Å². The molecule has 3 rings (SSSR count). The Morgan fingerprint density at radius 2 is 2.19 bits per heavy atom. The third-order valence-electron chi connectivity index (χ3n) is 3.60. The lowest BCUT2D eigenvalue weighted by molar-refractivity contribution is 0.110. The normalized spacial score (nSPS) is 18.2. The fraction of sp³-hybridized carbons (Fsp3) is 0.462. The second-order valence-electron chi connectivity index (χ2n) is 4.92. The Labute approximate surface area is 95.5 Å². The van der Waals surface area contributed by atoms with Crippen LogP contribution in [-0.2, 0) is 0 Å². The van der Waals surface area contributed by atoms with Crippen LogP contribution in [0.2, 0.25) is 0 Å². The number of H-pyrrole nitrogens is 1. The number of aromatic amines is 1. The zero-order valence-electron chi connectivity index (χ0n) is 9.77. The molecule has 2 heterocycles. The maximum atomic E-state index is 4.12. The number of nitrogens with zero attached hydrogens (tertiary/aromatic N) is 2. The van der Waals surface area contributed by atoms with E-state index in [1.54, 1.807) is 0 Å². The number of aromatic nitrogens is 2. The summed E-state index contributed by atoms with van der Waals surface area (Å²) in [5, 5.41) is 8.44. The summed E-state index contributed by atoms with van der Waals surface area (Å²) in [6.45, 7) is 6.88. The minimum absolute atomic E-state index is 0.666. The maximum absolute atomic E-state index is 4.12. The van der Waals surface area contributed by atoms with Gasteiger partial charge in [0.25, 0.3) is 0 Å². The summed E-state index contributed by atoms with van der Waals surface area (Å²) >= 11 is 0. The highest BCUT2D eigenvalue weighted by molar-refractivity contribution is 5.82. The number of hydrogen-bond donors (Lipinski definition) is 1. The van der Waals surface area contributed by atoms with Crippen molar-refractivity contribution in [3.8, 4) is 0 Å². The van der Waals surface area contributed by atoms with Gasteiger partial charge in [-0.2, -0.15) is 5.10 Å². The first-order chi connectivity index (χ1) is 7.75. The van der Waals surface area contributed by atoms with Gasteiger partial charge in [-0.3, -0.25) is 10.00 Å². The largest absolute Gasteiger partial charge is 0.300 e. The molecular weight excluding hydrogens is 198 g/mol. The highest BCUT2D eigenvalue weighted by Gasteiger charge is 2.30. The number of nitrogens with one attached hydrogen (secondary N) is 1. The van der Waals surface area contributed by atoms with E-state index in [-0.39, 0.29) is 0 Å². The number of hydrogen-bond acceptors (Lipinski definition) is 2. The Morgan fingerprint density at radius 1 is 1.38 bits per heavy atom. The SMILES string of the molecule is CC(C)N1CC(c2cccc3[nH]ncc23)C1. The van der Waals surface area contributed by atoms with Crippen LogP contribution in [0.4, 0.5) is 0 Å². The molecule has 0 saturated carbocycles. The van der Waals surface area contributed by atoms with Gasteiger partial charge in [-0.05, 0) is 25.5 Å². The lowest BCUT2D eigenvalue weighted by Gasteiger charge is -2.42. The molecular formula is C13H17N3. The quantitative estimate of drug-likeness (QED) is 0.834. The van der Waals surface area contributed by atoms with Crippen LogP contribution < -0.4 is 0 Å². The molecule has 3 heteroatoms. The number of fused-ring (bicyclic) bond motifs is 1. The van der Waals surface area contributed by atoms with Crippen LogP contribution in [-0.4, -0.2) is 34.2 Å². The van der Waals surface area contributed by atoms with E-state index in [1.807, 2.05) is 6.20 Å². The standard InChI is InChI=1S/C13H17N3/c1-9(2)16-7-10(8-16)11-4-3-5-13-12(11)6-14-15-13/h3-6,9-10H,7-8H2,1-2H3,(H,14,15). The second-order valence-corrected chi connectivity index (χ2v) is 4.92. The summed E-state index contributed by atoms with van der Waals surface area (Å²) in [6, 6.07) is 7.11. The molecule has 3 nitrogen and oxygen atoms in total. The molecule has 0 spiro atoms. The van der Waals surface area contributed by atoms with Crippen LogP contribution in [0, 0.1) is 0 Å². The van der Waals surface area contributed by atoms with E-state index >= 15 is 0 Å². The fourth-order valence-electron chi connectivity index (χ4n) is 2.48. The number of likely N-dealkylation sites (tertiary alicyclic amines) is 1. The molecule has 0 atom stereocenters. The first-order valence-corrected chi connectivity index (χ1v) is 5.92. The molecule has 1 aromatic heterocycles. The Balaban J connectivity index is 1.88. The smallest absolute Gasteiger partial charge is 0.0653 e. The zero-order valence-corrected chi connectivity index (χ0v) is 9.77. The van der Waals surface area contributed by atoms with Crippen molar-refractivity contribution in [3.63, 3.8) is 0 Å². The van der Waals surface area contributed by atoms with Crippen molar-refractivity contribution >= 4 is 10.9 Å². The van der Waals surface area contributed by atoms with E-state index < -0.39 is 0 Å². The van der Waals surface area contributed by atoms with Crippen molar-refractivity contribution in [2.24, 2.45) is 0 Å². The van der Waals surface area contributed by atoms with Crippen LogP contribution in [0.15, 0.2) is 24.4 Å². The summed E-state index contributed by atoms with van der Waals surface area (Å²) in [5.41, 5.74) is 2.60. The molecule has 0 radical (unpaired) electrons. The van der Waals surface area contributed by atoms with Gasteiger partial charge < -0.3 is 0 Å². The van der Waals surface area contributed by atoms with E-state index in [0.717, 1.165) is 5.52 Å². The monoisotopic (exact) mass is 215 g/mol. The van der Waals surface area contributed by atoms with Gasteiger partial charge in [0.15, 0.2) is 0 Å². The summed E-state index contributed by atoms with van der Waals surface area (Å²) < 4.78 is 0. The van der Waals surface area contributed by atoms with Crippen LogP contribution in [0.5, 0.6) is 0 Å². The lowest BCUT2D eigenvalue weighted by atomic mass is 9.88. The molecule has 2 aromatic rings.